The van der Waals surface area contributed by atoms with Crippen LogP contribution in [0.15, 0.2) is 50.4 Å². The SMILES string of the molecule is Cn1c(=O)nc2n(C3CCCC3)nc(-c3ccc(-c4ccc(CCl)cc4)o3)nc-2c1=O. The molecular formula is C22H20ClN5O3. The molecule has 3 heterocycles. The van der Waals surface area contributed by atoms with Crippen molar-refractivity contribution in [3.63, 3.8) is 0 Å². The summed E-state index contributed by atoms with van der Waals surface area (Å²) in [6.45, 7) is 0. The number of furan rings is 1. The topological polar surface area (TPSA) is 95.8 Å². The van der Waals surface area contributed by atoms with Crippen molar-refractivity contribution in [2.75, 3.05) is 0 Å². The zero-order chi connectivity index (χ0) is 21.5. The van der Waals surface area contributed by atoms with Crippen LogP contribution in [0.2, 0.25) is 0 Å². The van der Waals surface area contributed by atoms with E-state index in [2.05, 4.69) is 15.1 Å². The molecule has 1 aromatic carbocycles. The first-order chi connectivity index (χ1) is 15.0. The fourth-order valence-electron chi connectivity index (χ4n) is 3.97. The lowest BCUT2D eigenvalue weighted by atomic mass is 10.1. The van der Waals surface area contributed by atoms with Gasteiger partial charge in [0.2, 0.25) is 5.82 Å². The Bertz CT molecular complexity index is 1330. The minimum absolute atomic E-state index is 0.0702. The Labute approximate surface area is 182 Å². The van der Waals surface area contributed by atoms with Crippen molar-refractivity contribution < 1.29 is 4.42 Å². The number of halogens is 1. The van der Waals surface area contributed by atoms with Crippen LogP contribution in [0, 0.1) is 0 Å². The molecule has 158 valence electrons. The van der Waals surface area contributed by atoms with E-state index >= 15 is 0 Å². The predicted molar refractivity (Wildman–Crippen MR) is 116 cm³/mol. The minimum Gasteiger partial charge on any atom is -0.453 e. The van der Waals surface area contributed by atoms with Gasteiger partial charge in [0, 0.05) is 18.5 Å². The Morgan fingerprint density at radius 3 is 2.45 bits per heavy atom. The summed E-state index contributed by atoms with van der Waals surface area (Å²) >= 11 is 5.87. The number of rotatable bonds is 4. The van der Waals surface area contributed by atoms with Crippen molar-refractivity contribution >= 4 is 11.6 Å². The summed E-state index contributed by atoms with van der Waals surface area (Å²) in [6, 6.07) is 11.5. The van der Waals surface area contributed by atoms with Gasteiger partial charge in [-0.15, -0.1) is 16.7 Å². The highest BCUT2D eigenvalue weighted by Gasteiger charge is 2.27. The molecule has 1 aromatic heterocycles. The van der Waals surface area contributed by atoms with Crippen LogP contribution in [-0.4, -0.2) is 24.3 Å². The summed E-state index contributed by atoms with van der Waals surface area (Å²) in [7, 11) is 1.40. The van der Waals surface area contributed by atoms with Crippen LogP contribution in [0.5, 0.6) is 0 Å². The van der Waals surface area contributed by atoms with Gasteiger partial charge in [0.05, 0.1) is 6.04 Å². The third kappa shape index (κ3) is 3.46. The molecule has 2 aliphatic heterocycles. The van der Waals surface area contributed by atoms with Gasteiger partial charge >= 0.3 is 5.69 Å². The number of hydrogen-bond donors (Lipinski definition) is 0. The lowest BCUT2D eigenvalue weighted by Crippen LogP contribution is -2.37. The van der Waals surface area contributed by atoms with Gasteiger partial charge in [-0.3, -0.25) is 9.36 Å². The number of nitrogens with zero attached hydrogens (tertiary/aromatic N) is 5. The largest absolute Gasteiger partial charge is 0.453 e. The zero-order valence-electron chi connectivity index (χ0n) is 16.9. The van der Waals surface area contributed by atoms with E-state index in [1.54, 1.807) is 10.7 Å². The molecule has 9 heteroatoms. The quantitative estimate of drug-likeness (QED) is 0.452. The zero-order valence-corrected chi connectivity index (χ0v) is 17.7. The molecule has 5 rings (SSSR count). The number of benzene rings is 1. The van der Waals surface area contributed by atoms with Gasteiger partial charge < -0.3 is 4.42 Å². The second kappa shape index (κ2) is 7.77. The molecule has 1 fully saturated rings. The van der Waals surface area contributed by atoms with E-state index in [4.69, 9.17) is 16.0 Å². The van der Waals surface area contributed by atoms with E-state index in [0.29, 0.717) is 23.2 Å². The van der Waals surface area contributed by atoms with E-state index in [0.717, 1.165) is 41.4 Å². The van der Waals surface area contributed by atoms with Crippen molar-refractivity contribution in [1.29, 1.82) is 0 Å². The molecular weight excluding hydrogens is 418 g/mol. The summed E-state index contributed by atoms with van der Waals surface area (Å²) in [5, 5.41) is 4.64. The number of aromatic nitrogens is 5. The first kappa shape index (κ1) is 19.7. The summed E-state index contributed by atoms with van der Waals surface area (Å²) < 4.78 is 8.68. The Morgan fingerprint density at radius 1 is 1.03 bits per heavy atom. The molecule has 0 radical (unpaired) electrons. The molecule has 0 amide bonds. The third-order valence-corrected chi connectivity index (χ3v) is 6.04. The molecule has 8 nitrogen and oxygen atoms in total. The molecule has 3 aliphatic rings. The van der Waals surface area contributed by atoms with Gasteiger partial charge in [0.1, 0.15) is 5.76 Å². The highest BCUT2D eigenvalue weighted by Crippen LogP contribution is 2.33. The Hall–Kier alpha value is -3.26. The van der Waals surface area contributed by atoms with Gasteiger partial charge in [-0.2, -0.15) is 4.98 Å². The second-order valence-electron chi connectivity index (χ2n) is 7.74. The maximum absolute atomic E-state index is 12.8. The lowest BCUT2D eigenvalue weighted by Gasteiger charge is -2.18. The smallest absolute Gasteiger partial charge is 0.352 e. The molecule has 1 aliphatic carbocycles. The molecule has 1 saturated carbocycles. The van der Waals surface area contributed by atoms with E-state index < -0.39 is 11.2 Å². The van der Waals surface area contributed by atoms with Crippen LogP contribution in [0.4, 0.5) is 0 Å². The number of alkyl halides is 1. The molecule has 0 saturated heterocycles. The van der Waals surface area contributed by atoms with Crippen LogP contribution < -0.4 is 11.2 Å². The first-order valence-electron chi connectivity index (χ1n) is 10.2. The molecule has 0 unspecified atom stereocenters. The summed E-state index contributed by atoms with van der Waals surface area (Å²) in [6.07, 6.45) is 3.96. The minimum atomic E-state index is -0.610. The maximum atomic E-state index is 12.8. The lowest BCUT2D eigenvalue weighted by molar-refractivity contribution is 0.449. The predicted octanol–water partition coefficient (Wildman–Crippen LogP) is 3.62. The highest BCUT2D eigenvalue weighted by molar-refractivity contribution is 6.17. The van der Waals surface area contributed by atoms with Crippen LogP contribution in [0.1, 0.15) is 37.3 Å². The normalized spacial score (nSPS) is 14.5. The van der Waals surface area contributed by atoms with Gasteiger partial charge in [-0.05, 0) is 30.5 Å². The van der Waals surface area contributed by atoms with E-state index in [1.807, 2.05) is 30.3 Å². The van der Waals surface area contributed by atoms with Gasteiger partial charge in [-0.25, -0.2) is 14.5 Å². The average Bonchev–Trinajstić information content (AvgIpc) is 3.50. The molecule has 31 heavy (non-hydrogen) atoms. The Balaban J connectivity index is 1.65. The molecule has 0 N–H and O–H groups in total. The Morgan fingerprint density at radius 2 is 1.74 bits per heavy atom. The van der Waals surface area contributed by atoms with Crippen LogP contribution in [0.25, 0.3) is 34.4 Å². The van der Waals surface area contributed by atoms with E-state index in [9.17, 15) is 9.59 Å². The van der Waals surface area contributed by atoms with Crippen LogP contribution in [0.3, 0.4) is 0 Å². The molecule has 0 atom stereocenters. The van der Waals surface area contributed by atoms with Crippen molar-refractivity contribution in [2.45, 2.75) is 37.6 Å². The van der Waals surface area contributed by atoms with Gasteiger partial charge in [-0.1, -0.05) is 37.1 Å². The van der Waals surface area contributed by atoms with Crippen molar-refractivity contribution in [1.82, 2.24) is 24.3 Å². The summed E-state index contributed by atoms with van der Waals surface area (Å²) in [5.41, 5.74) is 0.936. The monoisotopic (exact) mass is 437 g/mol. The maximum Gasteiger partial charge on any atom is 0.352 e. The molecule has 0 bridgehead atoms. The fraction of sp³-hybridized carbons (Fsp3) is 0.318. The molecule has 0 spiro atoms. The molecule has 2 aromatic rings. The van der Waals surface area contributed by atoms with Crippen molar-refractivity contribution in [2.24, 2.45) is 7.05 Å². The first-order valence-corrected chi connectivity index (χ1v) is 10.7. The van der Waals surface area contributed by atoms with E-state index in [-0.39, 0.29) is 17.6 Å². The van der Waals surface area contributed by atoms with Gasteiger partial charge in [0.25, 0.3) is 5.56 Å². The van der Waals surface area contributed by atoms with Gasteiger partial charge in [0.15, 0.2) is 17.3 Å². The van der Waals surface area contributed by atoms with Crippen LogP contribution >= 0.6 is 11.6 Å². The van der Waals surface area contributed by atoms with E-state index in [1.165, 1.54) is 7.05 Å². The summed E-state index contributed by atoms with van der Waals surface area (Å²) in [5.74, 6) is 2.07. The second-order valence-corrected chi connectivity index (χ2v) is 8.01. The number of hydrogen-bond acceptors (Lipinski definition) is 6. The average molecular weight is 438 g/mol. The number of fused-ring (bicyclic) bond motifs is 1. The third-order valence-electron chi connectivity index (χ3n) is 5.73. The standard InChI is InChI=1S/C22H20ClN5O3/c1-27-21(29)18-20(25-22(27)30)28(15-4-2-3-5-15)26-19(24-18)17-11-10-16(31-17)14-8-6-13(12-23)7-9-14/h6-11,15H,2-5,12H2,1H3. The summed E-state index contributed by atoms with van der Waals surface area (Å²) in [4.78, 5) is 33.4. The highest BCUT2D eigenvalue weighted by atomic mass is 35.5. The fourth-order valence-corrected chi connectivity index (χ4v) is 4.15. The van der Waals surface area contributed by atoms with Crippen molar-refractivity contribution in [3.05, 3.63) is 62.8 Å². The van der Waals surface area contributed by atoms with Crippen molar-refractivity contribution in [3.8, 4) is 34.4 Å². The van der Waals surface area contributed by atoms with Crippen LogP contribution in [-0.2, 0) is 12.9 Å². The Kier molecular flexibility index (Phi) is 4.94.